The van der Waals surface area contributed by atoms with Crippen molar-refractivity contribution in [3.8, 4) is 0 Å². The first kappa shape index (κ1) is 8.09. The van der Waals surface area contributed by atoms with E-state index < -0.39 is 0 Å². The minimum atomic E-state index is -0.0359. The van der Waals surface area contributed by atoms with Crippen molar-refractivity contribution < 1.29 is 9.31 Å². The fourth-order valence-corrected chi connectivity index (χ4v) is 1.06. The van der Waals surface area contributed by atoms with Gasteiger partial charge in [0.1, 0.15) is 0 Å². The smallest absolute Gasteiger partial charge is 0.411 e. The molecule has 0 aromatic rings. The fraction of sp³-hybridized carbons (Fsp3) is 1.00. The first-order valence-electron chi connectivity index (χ1n) is 3.82. The van der Waals surface area contributed by atoms with Crippen LogP contribution in [0.25, 0.3) is 0 Å². The van der Waals surface area contributed by atoms with Crippen LogP contribution in [0.3, 0.4) is 0 Å². The van der Waals surface area contributed by atoms with Crippen LogP contribution in [0.15, 0.2) is 0 Å². The topological polar surface area (TPSA) is 18.5 Å². The Bertz CT molecular complexity index is 125. The molecule has 0 N–H and O–H groups in total. The largest absolute Gasteiger partial charge is 0.453 e. The quantitative estimate of drug-likeness (QED) is 0.478. The van der Waals surface area contributed by atoms with Gasteiger partial charge in [0.05, 0.1) is 5.60 Å². The van der Waals surface area contributed by atoms with E-state index in [1.165, 1.54) is 0 Å². The standard InChI is InChI=1S/C7H15BO2/c1-6-5-9-8(4)10-7(6,2)3/h6H,5H2,1-4H3. The van der Waals surface area contributed by atoms with E-state index in [1.54, 1.807) is 0 Å². The monoisotopic (exact) mass is 142 g/mol. The second kappa shape index (κ2) is 2.55. The Morgan fingerprint density at radius 2 is 2.10 bits per heavy atom. The molecule has 0 aromatic heterocycles. The van der Waals surface area contributed by atoms with Crippen molar-refractivity contribution in [2.45, 2.75) is 33.2 Å². The third kappa shape index (κ3) is 1.52. The van der Waals surface area contributed by atoms with Crippen LogP contribution in [0.4, 0.5) is 0 Å². The lowest BCUT2D eigenvalue weighted by Gasteiger charge is -2.38. The van der Waals surface area contributed by atoms with Gasteiger partial charge >= 0.3 is 7.12 Å². The van der Waals surface area contributed by atoms with Gasteiger partial charge in [-0.2, -0.15) is 0 Å². The normalized spacial score (nSPS) is 32.4. The van der Waals surface area contributed by atoms with Gasteiger partial charge in [0.2, 0.25) is 0 Å². The van der Waals surface area contributed by atoms with Gasteiger partial charge in [-0.1, -0.05) is 6.92 Å². The zero-order valence-corrected chi connectivity index (χ0v) is 7.18. The lowest BCUT2D eigenvalue weighted by atomic mass is 9.83. The van der Waals surface area contributed by atoms with Crippen LogP contribution in [0.5, 0.6) is 0 Å². The second-order valence-electron chi connectivity index (χ2n) is 3.52. The summed E-state index contributed by atoms with van der Waals surface area (Å²) >= 11 is 0. The lowest BCUT2D eigenvalue weighted by Crippen LogP contribution is -2.46. The molecule has 10 heavy (non-hydrogen) atoms. The van der Waals surface area contributed by atoms with E-state index in [4.69, 9.17) is 9.31 Å². The summed E-state index contributed by atoms with van der Waals surface area (Å²) in [6, 6.07) is 0. The molecule has 1 fully saturated rings. The Morgan fingerprint density at radius 1 is 1.50 bits per heavy atom. The lowest BCUT2D eigenvalue weighted by molar-refractivity contribution is -0.0394. The van der Waals surface area contributed by atoms with Crippen LogP contribution in [0, 0.1) is 5.92 Å². The molecule has 0 spiro atoms. The summed E-state index contributed by atoms with van der Waals surface area (Å²) in [6.45, 7) is 9.11. The number of hydrogen-bond donors (Lipinski definition) is 0. The van der Waals surface area contributed by atoms with Gasteiger partial charge in [-0.3, -0.25) is 0 Å². The molecule has 0 radical (unpaired) electrons. The first-order valence-corrected chi connectivity index (χ1v) is 3.82. The van der Waals surface area contributed by atoms with Crippen LogP contribution >= 0.6 is 0 Å². The van der Waals surface area contributed by atoms with Gasteiger partial charge in [-0.25, -0.2) is 0 Å². The predicted molar refractivity (Wildman–Crippen MR) is 41.9 cm³/mol. The molecule has 0 aliphatic carbocycles. The van der Waals surface area contributed by atoms with Gasteiger partial charge in [-0.15, -0.1) is 0 Å². The van der Waals surface area contributed by atoms with Gasteiger partial charge < -0.3 is 9.31 Å². The molecule has 0 amide bonds. The summed E-state index contributed by atoms with van der Waals surface area (Å²) in [4.78, 5) is 0. The van der Waals surface area contributed by atoms with E-state index in [1.807, 2.05) is 6.82 Å². The highest BCUT2D eigenvalue weighted by Crippen LogP contribution is 2.26. The maximum atomic E-state index is 5.56. The van der Waals surface area contributed by atoms with E-state index in [9.17, 15) is 0 Å². The number of rotatable bonds is 0. The molecule has 0 saturated carbocycles. The molecular weight excluding hydrogens is 127 g/mol. The summed E-state index contributed by atoms with van der Waals surface area (Å²) in [7, 11) is -0.0359. The summed E-state index contributed by atoms with van der Waals surface area (Å²) in [5.41, 5.74) is -0.0162. The SMILES string of the molecule is CB1OCC(C)C(C)(C)O1. The molecule has 1 unspecified atom stereocenters. The molecule has 1 aliphatic heterocycles. The maximum absolute atomic E-state index is 5.56. The molecule has 58 valence electrons. The first-order chi connectivity index (χ1) is 4.52. The van der Waals surface area contributed by atoms with Crippen molar-refractivity contribution in [3.63, 3.8) is 0 Å². The summed E-state index contributed by atoms with van der Waals surface area (Å²) < 4.78 is 10.9. The number of hydrogen-bond acceptors (Lipinski definition) is 2. The Morgan fingerprint density at radius 3 is 2.50 bits per heavy atom. The Kier molecular flexibility index (Phi) is 2.06. The van der Waals surface area contributed by atoms with E-state index in [0.717, 1.165) is 6.61 Å². The van der Waals surface area contributed by atoms with Crippen LogP contribution in [0.2, 0.25) is 6.82 Å². The van der Waals surface area contributed by atoms with Crippen molar-refractivity contribution in [3.05, 3.63) is 0 Å². The minimum Gasteiger partial charge on any atom is -0.411 e. The molecule has 1 aliphatic rings. The van der Waals surface area contributed by atoms with E-state index in [-0.39, 0.29) is 12.7 Å². The molecule has 1 atom stereocenters. The average molecular weight is 142 g/mol. The van der Waals surface area contributed by atoms with Gasteiger partial charge in [0.25, 0.3) is 0 Å². The van der Waals surface area contributed by atoms with Crippen LogP contribution < -0.4 is 0 Å². The van der Waals surface area contributed by atoms with E-state index in [0.29, 0.717) is 5.92 Å². The van der Waals surface area contributed by atoms with Crippen molar-refractivity contribution in [1.29, 1.82) is 0 Å². The molecule has 2 nitrogen and oxygen atoms in total. The van der Waals surface area contributed by atoms with Crippen LogP contribution in [-0.2, 0) is 9.31 Å². The Balaban J connectivity index is 2.55. The average Bonchev–Trinajstić information content (AvgIpc) is 1.78. The van der Waals surface area contributed by atoms with Crippen LogP contribution in [-0.4, -0.2) is 19.3 Å². The Hall–Kier alpha value is -0.0151. The molecule has 3 heteroatoms. The predicted octanol–water partition coefficient (Wildman–Crippen LogP) is 1.57. The highest BCUT2D eigenvalue weighted by atomic mass is 16.6. The molecule has 1 heterocycles. The molecule has 1 rings (SSSR count). The van der Waals surface area contributed by atoms with Gasteiger partial charge in [-0.05, 0) is 20.7 Å². The Labute approximate surface area is 63.0 Å². The van der Waals surface area contributed by atoms with Crippen molar-refractivity contribution in [2.75, 3.05) is 6.61 Å². The summed E-state index contributed by atoms with van der Waals surface area (Å²) in [6.07, 6.45) is 0. The van der Waals surface area contributed by atoms with E-state index >= 15 is 0 Å². The van der Waals surface area contributed by atoms with Crippen molar-refractivity contribution in [1.82, 2.24) is 0 Å². The summed E-state index contributed by atoms with van der Waals surface area (Å²) in [5, 5.41) is 0. The highest BCUT2D eigenvalue weighted by molar-refractivity contribution is 6.42. The van der Waals surface area contributed by atoms with Crippen molar-refractivity contribution in [2.24, 2.45) is 5.92 Å². The minimum absolute atomic E-state index is 0.0162. The van der Waals surface area contributed by atoms with Crippen molar-refractivity contribution >= 4 is 7.12 Å². The molecule has 0 bridgehead atoms. The maximum Gasteiger partial charge on any atom is 0.453 e. The van der Waals surface area contributed by atoms with Gasteiger partial charge in [0.15, 0.2) is 0 Å². The zero-order chi connectivity index (χ0) is 7.78. The third-order valence-corrected chi connectivity index (χ3v) is 2.24. The van der Waals surface area contributed by atoms with Gasteiger partial charge in [0, 0.05) is 12.5 Å². The fourth-order valence-electron chi connectivity index (χ4n) is 1.06. The van der Waals surface area contributed by atoms with Crippen LogP contribution in [0.1, 0.15) is 20.8 Å². The second-order valence-corrected chi connectivity index (χ2v) is 3.52. The molecule has 1 saturated heterocycles. The highest BCUT2D eigenvalue weighted by Gasteiger charge is 2.35. The molecular formula is C7H15BO2. The summed E-state index contributed by atoms with van der Waals surface area (Å²) in [5.74, 6) is 0.490. The third-order valence-electron chi connectivity index (χ3n) is 2.24. The zero-order valence-electron chi connectivity index (χ0n) is 7.18. The van der Waals surface area contributed by atoms with E-state index in [2.05, 4.69) is 20.8 Å². The molecule has 0 aromatic carbocycles.